The second-order valence-electron chi connectivity index (χ2n) is 3.38. The Hall–Kier alpha value is -0.390. The highest BCUT2D eigenvalue weighted by molar-refractivity contribution is 7.87. The van der Waals surface area contributed by atoms with Crippen molar-refractivity contribution < 1.29 is 8.42 Å². The molecule has 90 valence electrons. The molecule has 0 heterocycles. The van der Waals surface area contributed by atoms with Gasteiger partial charge in [0.15, 0.2) is 0 Å². The molecular weight excluding hydrogens is 212 g/mol. The molecule has 0 rings (SSSR count). The average Bonchev–Trinajstić information content (AvgIpc) is 2.18. The maximum atomic E-state index is 11.8. The minimum absolute atomic E-state index is 0.426. The van der Waals surface area contributed by atoms with E-state index in [0.717, 1.165) is 12.8 Å². The fourth-order valence-electron chi connectivity index (χ4n) is 1.23. The van der Waals surface area contributed by atoms with E-state index in [1.807, 2.05) is 13.8 Å². The molecule has 0 aliphatic carbocycles. The van der Waals surface area contributed by atoms with Crippen LogP contribution < -0.4 is 4.72 Å². The van der Waals surface area contributed by atoms with Crippen molar-refractivity contribution in [1.82, 2.24) is 9.03 Å². The summed E-state index contributed by atoms with van der Waals surface area (Å²) >= 11 is 0. The zero-order valence-corrected chi connectivity index (χ0v) is 10.5. The Morgan fingerprint density at radius 3 is 2.20 bits per heavy atom. The first kappa shape index (κ1) is 14.6. The van der Waals surface area contributed by atoms with Gasteiger partial charge in [-0.15, -0.1) is 6.58 Å². The van der Waals surface area contributed by atoms with Gasteiger partial charge >= 0.3 is 0 Å². The van der Waals surface area contributed by atoms with Crippen LogP contribution in [0.25, 0.3) is 0 Å². The van der Waals surface area contributed by atoms with Gasteiger partial charge in [-0.05, 0) is 19.3 Å². The van der Waals surface area contributed by atoms with Crippen LogP contribution in [0.4, 0.5) is 0 Å². The van der Waals surface area contributed by atoms with Crippen LogP contribution in [0.5, 0.6) is 0 Å². The van der Waals surface area contributed by atoms with Gasteiger partial charge in [0.05, 0.1) is 0 Å². The molecule has 0 aromatic rings. The Balaban J connectivity index is 4.28. The monoisotopic (exact) mass is 234 g/mol. The van der Waals surface area contributed by atoms with Gasteiger partial charge in [0.2, 0.25) is 0 Å². The highest BCUT2D eigenvalue weighted by Crippen LogP contribution is 2.01. The van der Waals surface area contributed by atoms with Crippen LogP contribution in [0.15, 0.2) is 12.7 Å². The van der Waals surface area contributed by atoms with Crippen LogP contribution in [0.1, 0.15) is 33.1 Å². The molecule has 0 aromatic carbocycles. The van der Waals surface area contributed by atoms with Crippen molar-refractivity contribution in [2.75, 3.05) is 19.6 Å². The third kappa shape index (κ3) is 5.92. The first-order valence-corrected chi connectivity index (χ1v) is 6.88. The summed E-state index contributed by atoms with van der Waals surface area (Å²) in [5, 5.41) is 0. The van der Waals surface area contributed by atoms with E-state index in [9.17, 15) is 8.42 Å². The van der Waals surface area contributed by atoms with Gasteiger partial charge in [-0.3, -0.25) is 0 Å². The minimum Gasteiger partial charge on any atom is -0.202 e. The molecular formula is C10H22N2O2S. The van der Waals surface area contributed by atoms with Gasteiger partial charge in [-0.1, -0.05) is 19.9 Å². The molecule has 5 heteroatoms. The Kier molecular flexibility index (Phi) is 7.64. The highest BCUT2D eigenvalue weighted by atomic mass is 32.2. The van der Waals surface area contributed by atoms with Crippen molar-refractivity contribution in [1.29, 1.82) is 0 Å². The summed E-state index contributed by atoms with van der Waals surface area (Å²) in [6.45, 7) is 9.09. The van der Waals surface area contributed by atoms with Gasteiger partial charge < -0.3 is 0 Å². The normalized spacial score (nSPS) is 11.9. The smallest absolute Gasteiger partial charge is 0.202 e. The van der Waals surface area contributed by atoms with Crippen molar-refractivity contribution in [3.05, 3.63) is 12.7 Å². The molecule has 0 bridgehead atoms. The van der Waals surface area contributed by atoms with Crippen molar-refractivity contribution in [3.8, 4) is 0 Å². The van der Waals surface area contributed by atoms with E-state index in [1.165, 1.54) is 4.31 Å². The SMILES string of the molecule is C=CCCNS(=O)(=O)N(CCC)CCC. The highest BCUT2D eigenvalue weighted by Gasteiger charge is 2.18. The lowest BCUT2D eigenvalue weighted by molar-refractivity contribution is 0.402. The molecule has 15 heavy (non-hydrogen) atoms. The van der Waals surface area contributed by atoms with Crippen LogP contribution in [0.2, 0.25) is 0 Å². The zero-order valence-electron chi connectivity index (χ0n) is 9.70. The summed E-state index contributed by atoms with van der Waals surface area (Å²) in [4.78, 5) is 0. The van der Waals surface area contributed by atoms with E-state index in [-0.39, 0.29) is 0 Å². The van der Waals surface area contributed by atoms with Gasteiger partial charge in [0.25, 0.3) is 10.2 Å². The average molecular weight is 234 g/mol. The lowest BCUT2D eigenvalue weighted by Gasteiger charge is -2.20. The van der Waals surface area contributed by atoms with Crippen LogP contribution in [-0.4, -0.2) is 32.4 Å². The predicted octanol–water partition coefficient (Wildman–Crippen LogP) is 1.52. The van der Waals surface area contributed by atoms with Crippen molar-refractivity contribution in [3.63, 3.8) is 0 Å². The summed E-state index contributed by atoms with van der Waals surface area (Å²) < 4.78 is 27.6. The summed E-state index contributed by atoms with van der Waals surface area (Å²) in [6, 6.07) is 0. The molecule has 0 fully saturated rings. The minimum atomic E-state index is -3.28. The Bertz CT molecular complexity index is 257. The number of hydrogen-bond donors (Lipinski definition) is 1. The van der Waals surface area contributed by atoms with Crippen LogP contribution in [0.3, 0.4) is 0 Å². The fraction of sp³-hybridized carbons (Fsp3) is 0.800. The number of rotatable bonds is 9. The summed E-state index contributed by atoms with van der Waals surface area (Å²) in [6.07, 6.45) is 4.03. The van der Waals surface area contributed by atoms with E-state index in [4.69, 9.17) is 0 Å². The molecule has 0 radical (unpaired) electrons. The lowest BCUT2D eigenvalue weighted by atomic mass is 10.4. The summed E-state index contributed by atoms with van der Waals surface area (Å²) in [7, 11) is -3.28. The van der Waals surface area contributed by atoms with Gasteiger partial charge in [-0.2, -0.15) is 12.7 Å². The maximum absolute atomic E-state index is 11.8. The van der Waals surface area contributed by atoms with E-state index >= 15 is 0 Å². The molecule has 0 atom stereocenters. The molecule has 0 aliphatic rings. The molecule has 4 nitrogen and oxygen atoms in total. The van der Waals surface area contributed by atoms with Crippen molar-refractivity contribution >= 4 is 10.2 Å². The maximum Gasteiger partial charge on any atom is 0.279 e. The van der Waals surface area contributed by atoms with Crippen molar-refractivity contribution in [2.45, 2.75) is 33.1 Å². The molecule has 0 saturated heterocycles. The van der Waals surface area contributed by atoms with Crippen LogP contribution >= 0.6 is 0 Å². The number of hydrogen-bond acceptors (Lipinski definition) is 2. The Labute approximate surface area is 93.5 Å². The molecule has 0 spiro atoms. The second-order valence-corrected chi connectivity index (χ2v) is 5.13. The summed E-state index contributed by atoms with van der Waals surface area (Å²) in [5.41, 5.74) is 0. The Morgan fingerprint density at radius 2 is 1.80 bits per heavy atom. The second kappa shape index (κ2) is 7.84. The molecule has 1 N–H and O–H groups in total. The molecule has 0 aromatic heterocycles. The first-order valence-electron chi connectivity index (χ1n) is 5.44. The molecule has 0 unspecified atom stereocenters. The van der Waals surface area contributed by atoms with E-state index in [2.05, 4.69) is 11.3 Å². The largest absolute Gasteiger partial charge is 0.279 e. The first-order chi connectivity index (χ1) is 7.08. The molecule has 0 amide bonds. The topological polar surface area (TPSA) is 49.4 Å². The Morgan fingerprint density at radius 1 is 1.27 bits per heavy atom. The lowest BCUT2D eigenvalue weighted by Crippen LogP contribution is -2.41. The third-order valence-corrected chi connectivity index (χ3v) is 3.53. The van der Waals surface area contributed by atoms with Crippen LogP contribution in [0, 0.1) is 0 Å². The van der Waals surface area contributed by atoms with E-state index < -0.39 is 10.2 Å². The zero-order chi connectivity index (χ0) is 11.7. The predicted molar refractivity (Wildman–Crippen MR) is 63.9 cm³/mol. The number of nitrogens with zero attached hydrogens (tertiary/aromatic N) is 1. The number of nitrogens with one attached hydrogen (secondary N) is 1. The van der Waals surface area contributed by atoms with Crippen LogP contribution in [-0.2, 0) is 10.2 Å². The third-order valence-electron chi connectivity index (χ3n) is 1.92. The quantitative estimate of drug-likeness (QED) is 0.486. The molecule has 0 saturated carbocycles. The van der Waals surface area contributed by atoms with E-state index in [0.29, 0.717) is 26.1 Å². The summed E-state index contributed by atoms with van der Waals surface area (Å²) in [5.74, 6) is 0. The van der Waals surface area contributed by atoms with Gasteiger partial charge in [0.1, 0.15) is 0 Å². The van der Waals surface area contributed by atoms with Crippen molar-refractivity contribution in [2.24, 2.45) is 0 Å². The fourth-order valence-corrected chi connectivity index (χ4v) is 2.64. The molecule has 0 aliphatic heterocycles. The standard InChI is InChI=1S/C10H22N2O2S/c1-4-7-8-11-15(13,14)12(9-5-2)10-6-3/h4,11H,1,5-10H2,2-3H3. The van der Waals surface area contributed by atoms with Gasteiger partial charge in [-0.25, -0.2) is 4.72 Å². The van der Waals surface area contributed by atoms with E-state index in [1.54, 1.807) is 6.08 Å². The van der Waals surface area contributed by atoms with Gasteiger partial charge in [0, 0.05) is 19.6 Å².